The van der Waals surface area contributed by atoms with Crippen LogP contribution in [0.15, 0.2) is 0 Å². The summed E-state index contributed by atoms with van der Waals surface area (Å²) >= 11 is 0. The number of carbonyl (C=O) groups is 2. The Morgan fingerprint density at radius 1 is 1.00 bits per heavy atom. The minimum absolute atomic E-state index is 0.0281. The first-order valence-electron chi connectivity index (χ1n) is 6.66. The standard InChI is InChI=1S/C15H28O4/c1-13(2,3)10-15(7,14(4,5)6)12(17)19-9-8-18-11-16/h11H,8-10H2,1-7H3. The van der Waals surface area contributed by atoms with Crippen LogP contribution in [-0.2, 0) is 19.1 Å². The Balaban J connectivity index is 4.85. The van der Waals surface area contributed by atoms with E-state index in [9.17, 15) is 9.59 Å². The van der Waals surface area contributed by atoms with E-state index >= 15 is 0 Å². The third-order valence-electron chi connectivity index (χ3n) is 3.49. The van der Waals surface area contributed by atoms with Crippen LogP contribution in [0.25, 0.3) is 0 Å². The highest BCUT2D eigenvalue weighted by atomic mass is 16.6. The maximum atomic E-state index is 12.4. The van der Waals surface area contributed by atoms with Crippen LogP contribution in [0, 0.1) is 16.2 Å². The van der Waals surface area contributed by atoms with Crippen molar-refractivity contribution in [3.63, 3.8) is 0 Å². The Labute approximate surface area is 116 Å². The van der Waals surface area contributed by atoms with Crippen LogP contribution in [0.3, 0.4) is 0 Å². The van der Waals surface area contributed by atoms with Gasteiger partial charge in [0, 0.05) is 0 Å². The van der Waals surface area contributed by atoms with Crippen molar-refractivity contribution in [3.8, 4) is 0 Å². The molecule has 0 heterocycles. The Bertz CT molecular complexity index is 309. The minimum atomic E-state index is -0.577. The Hall–Kier alpha value is -1.06. The van der Waals surface area contributed by atoms with E-state index in [-0.39, 0.29) is 30.0 Å². The number of hydrogen-bond acceptors (Lipinski definition) is 4. The molecule has 4 heteroatoms. The van der Waals surface area contributed by atoms with Crippen LogP contribution in [0.4, 0.5) is 0 Å². The van der Waals surface area contributed by atoms with Gasteiger partial charge in [-0.1, -0.05) is 41.5 Å². The molecule has 19 heavy (non-hydrogen) atoms. The quantitative estimate of drug-likeness (QED) is 0.423. The van der Waals surface area contributed by atoms with Gasteiger partial charge in [0.05, 0.1) is 5.41 Å². The fourth-order valence-corrected chi connectivity index (χ4v) is 2.09. The molecule has 0 aliphatic carbocycles. The highest BCUT2D eigenvalue weighted by molar-refractivity contribution is 5.77. The van der Waals surface area contributed by atoms with Crippen LogP contribution >= 0.6 is 0 Å². The lowest BCUT2D eigenvalue weighted by Gasteiger charge is -2.43. The van der Waals surface area contributed by atoms with Gasteiger partial charge in [0.2, 0.25) is 0 Å². The topological polar surface area (TPSA) is 52.6 Å². The van der Waals surface area contributed by atoms with Gasteiger partial charge in [-0.25, -0.2) is 0 Å². The van der Waals surface area contributed by atoms with Crippen molar-refractivity contribution in [2.75, 3.05) is 13.2 Å². The summed E-state index contributed by atoms with van der Waals surface area (Å²) in [5.41, 5.74) is -0.754. The average Bonchev–Trinajstić information content (AvgIpc) is 2.20. The summed E-state index contributed by atoms with van der Waals surface area (Å²) in [6, 6.07) is 0. The maximum absolute atomic E-state index is 12.4. The van der Waals surface area contributed by atoms with Crippen molar-refractivity contribution >= 4 is 12.4 Å². The number of ether oxygens (including phenoxy) is 2. The zero-order valence-electron chi connectivity index (χ0n) is 13.3. The maximum Gasteiger partial charge on any atom is 0.312 e. The molecule has 0 aliphatic heterocycles. The van der Waals surface area contributed by atoms with Gasteiger partial charge in [0.25, 0.3) is 6.47 Å². The lowest BCUT2D eigenvalue weighted by Crippen LogP contribution is -2.44. The van der Waals surface area contributed by atoms with E-state index in [0.717, 1.165) is 6.42 Å². The zero-order chi connectivity index (χ0) is 15.3. The molecule has 0 aromatic carbocycles. The van der Waals surface area contributed by atoms with Crippen LogP contribution < -0.4 is 0 Å². The van der Waals surface area contributed by atoms with Gasteiger partial charge >= 0.3 is 5.97 Å². The molecule has 1 atom stereocenters. The molecule has 0 bridgehead atoms. The molecule has 0 N–H and O–H groups in total. The molecule has 0 saturated heterocycles. The van der Waals surface area contributed by atoms with E-state index < -0.39 is 5.41 Å². The normalized spacial score (nSPS) is 15.5. The van der Waals surface area contributed by atoms with Gasteiger partial charge in [-0.05, 0) is 24.2 Å². The van der Waals surface area contributed by atoms with Crippen molar-refractivity contribution in [2.24, 2.45) is 16.2 Å². The Morgan fingerprint density at radius 3 is 1.89 bits per heavy atom. The van der Waals surface area contributed by atoms with E-state index in [0.29, 0.717) is 6.47 Å². The fraction of sp³-hybridized carbons (Fsp3) is 0.867. The monoisotopic (exact) mass is 272 g/mol. The number of rotatable bonds is 6. The smallest absolute Gasteiger partial charge is 0.312 e. The number of carbonyl (C=O) groups excluding carboxylic acids is 2. The van der Waals surface area contributed by atoms with Gasteiger partial charge in [0.15, 0.2) is 0 Å². The first-order valence-corrected chi connectivity index (χ1v) is 6.66. The van der Waals surface area contributed by atoms with E-state index in [1.54, 1.807) is 0 Å². The number of hydrogen-bond donors (Lipinski definition) is 0. The molecule has 0 fully saturated rings. The second-order valence-corrected chi connectivity index (χ2v) is 7.42. The molecule has 0 aliphatic rings. The van der Waals surface area contributed by atoms with Crippen molar-refractivity contribution in [1.82, 2.24) is 0 Å². The van der Waals surface area contributed by atoms with Crippen LogP contribution in [0.2, 0.25) is 0 Å². The third-order valence-corrected chi connectivity index (χ3v) is 3.49. The van der Waals surface area contributed by atoms with E-state index in [1.807, 2.05) is 27.7 Å². The fourth-order valence-electron chi connectivity index (χ4n) is 2.09. The molecule has 4 nitrogen and oxygen atoms in total. The molecule has 0 spiro atoms. The summed E-state index contributed by atoms with van der Waals surface area (Å²) in [5, 5.41) is 0. The van der Waals surface area contributed by atoms with Crippen molar-refractivity contribution in [3.05, 3.63) is 0 Å². The summed E-state index contributed by atoms with van der Waals surface area (Å²) < 4.78 is 9.78. The highest BCUT2D eigenvalue weighted by Gasteiger charge is 2.47. The second-order valence-electron chi connectivity index (χ2n) is 7.42. The third kappa shape index (κ3) is 5.62. The van der Waals surface area contributed by atoms with Gasteiger partial charge in [-0.15, -0.1) is 0 Å². The SMILES string of the molecule is CC(C)(C)CC(C)(C(=O)OCCOC=O)C(C)(C)C. The summed E-state index contributed by atoms with van der Waals surface area (Å²) in [5.74, 6) is -0.232. The lowest BCUT2D eigenvalue weighted by atomic mass is 9.61. The van der Waals surface area contributed by atoms with Gasteiger partial charge in [-0.3, -0.25) is 9.59 Å². The van der Waals surface area contributed by atoms with Crippen LogP contribution in [-0.4, -0.2) is 25.7 Å². The molecule has 112 valence electrons. The van der Waals surface area contributed by atoms with Gasteiger partial charge in [0.1, 0.15) is 13.2 Å². The van der Waals surface area contributed by atoms with Crippen LogP contribution in [0.1, 0.15) is 54.9 Å². The zero-order valence-corrected chi connectivity index (χ0v) is 13.3. The molecule has 0 rings (SSSR count). The molecular weight excluding hydrogens is 244 g/mol. The van der Waals surface area contributed by atoms with Crippen molar-refractivity contribution < 1.29 is 19.1 Å². The molecule has 1 unspecified atom stereocenters. The summed E-state index contributed by atoms with van der Waals surface area (Å²) in [4.78, 5) is 22.4. The summed E-state index contributed by atoms with van der Waals surface area (Å²) in [7, 11) is 0. The molecular formula is C15H28O4. The molecule has 0 aromatic heterocycles. The van der Waals surface area contributed by atoms with E-state index in [2.05, 4.69) is 25.5 Å². The molecule has 0 saturated carbocycles. The molecule has 0 amide bonds. The first kappa shape index (κ1) is 17.9. The van der Waals surface area contributed by atoms with Gasteiger partial charge in [-0.2, -0.15) is 0 Å². The van der Waals surface area contributed by atoms with Crippen LogP contribution in [0.5, 0.6) is 0 Å². The predicted octanol–water partition coefficient (Wildman–Crippen LogP) is 3.19. The molecule has 0 aromatic rings. The minimum Gasteiger partial charge on any atom is -0.464 e. The largest absolute Gasteiger partial charge is 0.464 e. The Morgan fingerprint density at radius 2 is 1.53 bits per heavy atom. The number of esters is 1. The first-order chi connectivity index (χ1) is 8.44. The van der Waals surface area contributed by atoms with Crippen molar-refractivity contribution in [2.45, 2.75) is 54.9 Å². The lowest BCUT2D eigenvalue weighted by molar-refractivity contribution is -0.166. The summed E-state index contributed by atoms with van der Waals surface area (Å²) in [6.07, 6.45) is 0.733. The molecule has 0 radical (unpaired) electrons. The van der Waals surface area contributed by atoms with Gasteiger partial charge < -0.3 is 9.47 Å². The van der Waals surface area contributed by atoms with Crippen molar-refractivity contribution in [1.29, 1.82) is 0 Å². The second kappa shape index (κ2) is 6.40. The highest BCUT2D eigenvalue weighted by Crippen LogP contribution is 2.47. The van der Waals surface area contributed by atoms with E-state index in [4.69, 9.17) is 4.74 Å². The predicted molar refractivity (Wildman–Crippen MR) is 74.6 cm³/mol. The average molecular weight is 272 g/mol. The summed E-state index contributed by atoms with van der Waals surface area (Å²) in [6.45, 7) is 15.0. The van der Waals surface area contributed by atoms with E-state index in [1.165, 1.54) is 0 Å². The Kier molecular flexibility index (Phi) is 6.04.